The van der Waals surface area contributed by atoms with Crippen LogP contribution in [0.2, 0.25) is 0 Å². The summed E-state index contributed by atoms with van der Waals surface area (Å²) >= 11 is 1.71. The van der Waals surface area contributed by atoms with Crippen LogP contribution < -0.4 is 10.6 Å². The Hall–Kier alpha value is -0.870. The number of thiophene rings is 1. The first kappa shape index (κ1) is 12.6. The SMILES string of the molecule is CNCC1(C(=O)NCc2sccc2C)CCC1. The summed E-state index contributed by atoms with van der Waals surface area (Å²) in [4.78, 5) is 13.5. The highest BCUT2D eigenvalue weighted by Gasteiger charge is 2.43. The highest BCUT2D eigenvalue weighted by atomic mass is 32.1. The smallest absolute Gasteiger partial charge is 0.227 e. The van der Waals surface area contributed by atoms with Crippen molar-refractivity contribution >= 4 is 17.2 Å². The molecule has 1 aromatic heterocycles. The average molecular weight is 252 g/mol. The fraction of sp³-hybridized carbons (Fsp3) is 0.615. The van der Waals surface area contributed by atoms with Crippen molar-refractivity contribution in [2.75, 3.05) is 13.6 Å². The van der Waals surface area contributed by atoms with Crippen molar-refractivity contribution in [1.29, 1.82) is 0 Å². The van der Waals surface area contributed by atoms with Crippen LogP contribution in [0.3, 0.4) is 0 Å². The van der Waals surface area contributed by atoms with Gasteiger partial charge in [0.25, 0.3) is 0 Å². The summed E-state index contributed by atoms with van der Waals surface area (Å²) in [5, 5.41) is 8.30. The first-order valence-electron chi connectivity index (χ1n) is 6.14. The molecule has 1 aliphatic carbocycles. The summed E-state index contributed by atoms with van der Waals surface area (Å²) in [6, 6.07) is 2.10. The summed E-state index contributed by atoms with van der Waals surface area (Å²) in [5.41, 5.74) is 1.13. The first-order chi connectivity index (χ1) is 8.18. The van der Waals surface area contributed by atoms with E-state index in [4.69, 9.17) is 0 Å². The minimum Gasteiger partial charge on any atom is -0.351 e. The second kappa shape index (κ2) is 5.19. The van der Waals surface area contributed by atoms with Gasteiger partial charge in [0.2, 0.25) is 5.91 Å². The molecule has 0 saturated heterocycles. The molecule has 0 bridgehead atoms. The van der Waals surface area contributed by atoms with E-state index >= 15 is 0 Å². The molecule has 1 heterocycles. The van der Waals surface area contributed by atoms with E-state index in [0.29, 0.717) is 6.54 Å². The first-order valence-corrected chi connectivity index (χ1v) is 7.02. The van der Waals surface area contributed by atoms with E-state index in [1.165, 1.54) is 16.9 Å². The van der Waals surface area contributed by atoms with Crippen LogP contribution in [0.15, 0.2) is 11.4 Å². The normalized spacial score (nSPS) is 17.5. The Morgan fingerprint density at radius 3 is 2.76 bits per heavy atom. The number of carbonyl (C=O) groups is 1. The number of rotatable bonds is 5. The standard InChI is InChI=1S/C13H20N2OS/c1-10-4-7-17-11(10)8-15-12(16)13(9-14-2)5-3-6-13/h4,7,14H,3,5-6,8-9H2,1-2H3,(H,15,16). The van der Waals surface area contributed by atoms with Crippen LogP contribution in [0, 0.1) is 12.3 Å². The highest BCUT2D eigenvalue weighted by molar-refractivity contribution is 7.10. The Kier molecular flexibility index (Phi) is 3.84. The third kappa shape index (κ3) is 2.53. The Bertz CT molecular complexity index is 396. The molecule has 0 aliphatic heterocycles. The lowest BCUT2D eigenvalue weighted by Gasteiger charge is -2.40. The molecule has 0 aromatic carbocycles. The van der Waals surface area contributed by atoms with Gasteiger partial charge in [-0.3, -0.25) is 4.79 Å². The van der Waals surface area contributed by atoms with Crippen LogP contribution in [0.4, 0.5) is 0 Å². The van der Waals surface area contributed by atoms with Crippen molar-refractivity contribution in [1.82, 2.24) is 10.6 Å². The van der Waals surface area contributed by atoms with Gasteiger partial charge >= 0.3 is 0 Å². The van der Waals surface area contributed by atoms with Crippen molar-refractivity contribution < 1.29 is 4.79 Å². The molecule has 1 amide bonds. The number of carbonyl (C=O) groups excluding carboxylic acids is 1. The Labute approximate surface area is 107 Å². The zero-order valence-electron chi connectivity index (χ0n) is 10.5. The maximum absolute atomic E-state index is 12.2. The zero-order chi connectivity index (χ0) is 12.3. The minimum absolute atomic E-state index is 0.139. The van der Waals surface area contributed by atoms with Gasteiger partial charge in [0.15, 0.2) is 0 Å². The second-order valence-corrected chi connectivity index (χ2v) is 5.87. The van der Waals surface area contributed by atoms with Crippen molar-refractivity contribution in [2.45, 2.75) is 32.7 Å². The molecular weight excluding hydrogens is 232 g/mol. The molecular formula is C13H20N2OS. The lowest BCUT2D eigenvalue weighted by molar-refractivity contribution is -0.135. The number of hydrogen-bond donors (Lipinski definition) is 2. The lowest BCUT2D eigenvalue weighted by Crippen LogP contribution is -2.50. The van der Waals surface area contributed by atoms with Gasteiger partial charge in [0.1, 0.15) is 0 Å². The van der Waals surface area contributed by atoms with E-state index in [1.54, 1.807) is 11.3 Å². The van der Waals surface area contributed by atoms with Gasteiger partial charge in [-0.15, -0.1) is 11.3 Å². The molecule has 0 spiro atoms. The van der Waals surface area contributed by atoms with Crippen molar-refractivity contribution in [3.63, 3.8) is 0 Å². The van der Waals surface area contributed by atoms with E-state index < -0.39 is 0 Å². The fourth-order valence-electron chi connectivity index (χ4n) is 2.36. The second-order valence-electron chi connectivity index (χ2n) is 4.87. The fourth-order valence-corrected chi connectivity index (χ4v) is 3.21. The summed E-state index contributed by atoms with van der Waals surface area (Å²) in [6.07, 6.45) is 3.21. The largest absolute Gasteiger partial charge is 0.351 e. The van der Waals surface area contributed by atoms with Crippen LogP contribution in [-0.4, -0.2) is 19.5 Å². The van der Waals surface area contributed by atoms with E-state index in [2.05, 4.69) is 29.0 Å². The van der Waals surface area contributed by atoms with E-state index in [-0.39, 0.29) is 11.3 Å². The molecule has 94 valence electrons. The molecule has 1 aromatic rings. The van der Waals surface area contributed by atoms with E-state index in [0.717, 1.165) is 19.4 Å². The molecule has 1 aliphatic rings. The minimum atomic E-state index is -0.139. The summed E-state index contributed by atoms with van der Waals surface area (Å²) < 4.78 is 0. The zero-order valence-corrected chi connectivity index (χ0v) is 11.3. The van der Waals surface area contributed by atoms with Crippen LogP contribution in [0.1, 0.15) is 29.7 Å². The maximum atomic E-state index is 12.2. The topological polar surface area (TPSA) is 41.1 Å². The quantitative estimate of drug-likeness (QED) is 0.842. The third-order valence-electron chi connectivity index (χ3n) is 3.69. The van der Waals surface area contributed by atoms with Gasteiger partial charge in [-0.05, 0) is 43.8 Å². The van der Waals surface area contributed by atoms with Gasteiger partial charge in [-0.2, -0.15) is 0 Å². The monoisotopic (exact) mass is 252 g/mol. The average Bonchev–Trinajstić information content (AvgIpc) is 2.66. The van der Waals surface area contributed by atoms with Crippen molar-refractivity contribution in [2.24, 2.45) is 5.41 Å². The van der Waals surface area contributed by atoms with Gasteiger partial charge in [0.05, 0.1) is 12.0 Å². The van der Waals surface area contributed by atoms with Gasteiger partial charge in [0, 0.05) is 11.4 Å². The predicted octanol–water partition coefficient (Wildman–Crippen LogP) is 2.06. The van der Waals surface area contributed by atoms with Gasteiger partial charge in [-0.1, -0.05) is 6.42 Å². The highest BCUT2D eigenvalue weighted by Crippen LogP contribution is 2.40. The van der Waals surface area contributed by atoms with Crippen LogP contribution in [0.25, 0.3) is 0 Å². The third-order valence-corrected chi connectivity index (χ3v) is 4.71. The molecule has 1 saturated carbocycles. The van der Waals surface area contributed by atoms with Gasteiger partial charge < -0.3 is 10.6 Å². The predicted molar refractivity (Wildman–Crippen MR) is 71.1 cm³/mol. The number of nitrogens with one attached hydrogen (secondary N) is 2. The molecule has 17 heavy (non-hydrogen) atoms. The maximum Gasteiger partial charge on any atom is 0.227 e. The number of aryl methyl sites for hydroxylation is 1. The Balaban J connectivity index is 1.91. The summed E-state index contributed by atoms with van der Waals surface area (Å²) in [6.45, 7) is 3.56. The van der Waals surface area contributed by atoms with Crippen LogP contribution >= 0.6 is 11.3 Å². The van der Waals surface area contributed by atoms with Crippen LogP contribution in [0.5, 0.6) is 0 Å². The van der Waals surface area contributed by atoms with Crippen molar-refractivity contribution in [3.05, 3.63) is 21.9 Å². The molecule has 0 radical (unpaired) electrons. The summed E-state index contributed by atoms with van der Waals surface area (Å²) in [5.74, 6) is 0.214. The summed E-state index contributed by atoms with van der Waals surface area (Å²) in [7, 11) is 1.91. The molecule has 0 unspecified atom stereocenters. The Morgan fingerprint density at radius 2 is 2.29 bits per heavy atom. The lowest BCUT2D eigenvalue weighted by atomic mass is 9.68. The van der Waals surface area contributed by atoms with Crippen LogP contribution in [-0.2, 0) is 11.3 Å². The molecule has 3 nitrogen and oxygen atoms in total. The number of hydrogen-bond acceptors (Lipinski definition) is 3. The Morgan fingerprint density at radius 1 is 1.53 bits per heavy atom. The molecule has 4 heteroatoms. The van der Waals surface area contributed by atoms with Gasteiger partial charge in [-0.25, -0.2) is 0 Å². The molecule has 1 fully saturated rings. The molecule has 0 atom stereocenters. The molecule has 2 rings (SSSR count). The van der Waals surface area contributed by atoms with E-state index in [9.17, 15) is 4.79 Å². The molecule has 2 N–H and O–H groups in total. The van der Waals surface area contributed by atoms with E-state index in [1.807, 2.05) is 7.05 Å². The number of amides is 1. The van der Waals surface area contributed by atoms with Crippen molar-refractivity contribution in [3.8, 4) is 0 Å².